The normalized spacial score (nSPS) is 26.0. The molecule has 114 valence electrons. The second kappa shape index (κ2) is 7.47. The van der Waals surface area contributed by atoms with E-state index in [9.17, 15) is 9.59 Å². The van der Waals surface area contributed by atoms with Gasteiger partial charge in [0, 0.05) is 19.2 Å². The average Bonchev–Trinajstić information content (AvgIpc) is 3.22. The fourth-order valence-corrected chi connectivity index (χ4v) is 2.55. The minimum absolute atomic E-state index is 0.0303. The Labute approximate surface area is 119 Å². The minimum atomic E-state index is -0.759. The Morgan fingerprint density at radius 3 is 2.70 bits per heavy atom. The number of carboxylic acids is 1. The lowest BCUT2D eigenvalue weighted by atomic mass is 9.86. The van der Waals surface area contributed by atoms with Crippen molar-refractivity contribution in [1.29, 1.82) is 0 Å². The molecule has 2 atom stereocenters. The van der Waals surface area contributed by atoms with Crippen LogP contribution in [0.5, 0.6) is 0 Å². The lowest BCUT2D eigenvalue weighted by Crippen LogP contribution is -2.45. The monoisotopic (exact) mass is 284 g/mol. The molecule has 6 heteroatoms. The number of ether oxygens (including phenoxy) is 1. The summed E-state index contributed by atoms with van der Waals surface area (Å²) in [5.74, 6) is -0.347. The van der Waals surface area contributed by atoms with Crippen LogP contribution in [0.3, 0.4) is 0 Å². The molecule has 2 amide bonds. The highest BCUT2D eigenvalue weighted by atomic mass is 16.5. The van der Waals surface area contributed by atoms with Crippen LogP contribution in [0.15, 0.2) is 0 Å². The molecular formula is C14H24N2O4. The van der Waals surface area contributed by atoms with Gasteiger partial charge in [-0.1, -0.05) is 6.42 Å². The predicted octanol–water partition coefficient (Wildman–Crippen LogP) is 1.36. The Morgan fingerprint density at radius 1 is 1.20 bits per heavy atom. The van der Waals surface area contributed by atoms with Crippen LogP contribution < -0.4 is 10.6 Å². The SMILES string of the molecule is O=C(NCCOCC1CC1)NC1CCCC(C(=O)O)C1. The Bertz CT molecular complexity index is 344. The molecule has 3 N–H and O–H groups in total. The highest BCUT2D eigenvalue weighted by Gasteiger charge is 2.27. The van der Waals surface area contributed by atoms with E-state index in [1.807, 2.05) is 0 Å². The third kappa shape index (κ3) is 5.36. The number of urea groups is 1. The van der Waals surface area contributed by atoms with Crippen molar-refractivity contribution in [2.45, 2.75) is 44.6 Å². The maximum Gasteiger partial charge on any atom is 0.315 e. The molecule has 0 bridgehead atoms. The highest BCUT2D eigenvalue weighted by Crippen LogP contribution is 2.28. The zero-order chi connectivity index (χ0) is 14.4. The second-order valence-corrected chi connectivity index (χ2v) is 5.82. The van der Waals surface area contributed by atoms with Crippen molar-refractivity contribution in [3.8, 4) is 0 Å². The quantitative estimate of drug-likeness (QED) is 0.616. The molecule has 2 aliphatic rings. The molecule has 2 aliphatic carbocycles. The summed E-state index contributed by atoms with van der Waals surface area (Å²) in [6.07, 6.45) is 5.48. The lowest BCUT2D eigenvalue weighted by molar-refractivity contribution is -0.143. The molecule has 2 rings (SSSR count). The van der Waals surface area contributed by atoms with Gasteiger partial charge in [0.2, 0.25) is 0 Å². The maximum absolute atomic E-state index is 11.7. The summed E-state index contributed by atoms with van der Waals surface area (Å²) in [6.45, 7) is 1.83. The van der Waals surface area contributed by atoms with E-state index in [2.05, 4.69) is 10.6 Å². The number of amides is 2. The largest absolute Gasteiger partial charge is 0.481 e. The number of carboxylic acid groups (broad SMARTS) is 1. The van der Waals surface area contributed by atoms with E-state index in [0.29, 0.717) is 26.0 Å². The van der Waals surface area contributed by atoms with Gasteiger partial charge in [-0.25, -0.2) is 4.79 Å². The van der Waals surface area contributed by atoms with Crippen LogP contribution in [0, 0.1) is 11.8 Å². The zero-order valence-corrected chi connectivity index (χ0v) is 11.8. The molecule has 0 radical (unpaired) electrons. The standard InChI is InChI=1S/C14H24N2O4/c17-13(18)11-2-1-3-12(8-11)16-14(19)15-6-7-20-9-10-4-5-10/h10-12H,1-9H2,(H,17,18)(H2,15,16,19). The topological polar surface area (TPSA) is 87.7 Å². The fraction of sp³-hybridized carbons (Fsp3) is 0.857. The molecular weight excluding hydrogens is 260 g/mol. The van der Waals surface area contributed by atoms with Gasteiger partial charge in [-0.15, -0.1) is 0 Å². The Balaban J connectivity index is 1.54. The molecule has 0 saturated heterocycles. The molecule has 2 fully saturated rings. The van der Waals surface area contributed by atoms with Gasteiger partial charge in [-0.2, -0.15) is 0 Å². The van der Waals surface area contributed by atoms with E-state index in [0.717, 1.165) is 25.4 Å². The fourth-order valence-electron chi connectivity index (χ4n) is 2.55. The summed E-state index contributed by atoms with van der Waals surface area (Å²) in [5.41, 5.74) is 0. The molecule has 0 spiro atoms. The molecule has 0 aromatic carbocycles. The molecule has 6 nitrogen and oxygen atoms in total. The molecule has 2 saturated carbocycles. The van der Waals surface area contributed by atoms with Crippen molar-refractivity contribution in [3.05, 3.63) is 0 Å². The first kappa shape index (κ1) is 15.1. The summed E-state index contributed by atoms with van der Waals surface area (Å²) < 4.78 is 5.43. The van der Waals surface area contributed by atoms with Crippen molar-refractivity contribution in [1.82, 2.24) is 10.6 Å². The van der Waals surface area contributed by atoms with Crippen LogP contribution in [-0.4, -0.2) is 42.9 Å². The Hall–Kier alpha value is -1.30. The summed E-state index contributed by atoms with van der Waals surface area (Å²) >= 11 is 0. The number of hydrogen-bond acceptors (Lipinski definition) is 3. The van der Waals surface area contributed by atoms with E-state index < -0.39 is 5.97 Å². The van der Waals surface area contributed by atoms with Gasteiger partial charge in [0.05, 0.1) is 12.5 Å². The number of carbonyl (C=O) groups is 2. The minimum Gasteiger partial charge on any atom is -0.481 e. The van der Waals surface area contributed by atoms with E-state index in [4.69, 9.17) is 9.84 Å². The summed E-state index contributed by atoms with van der Waals surface area (Å²) in [7, 11) is 0. The first-order valence-corrected chi connectivity index (χ1v) is 7.50. The number of rotatable bonds is 7. The van der Waals surface area contributed by atoms with Gasteiger partial charge in [0.15, 0.2) is 0 Å². The smallest absolute Gasteiger partial charge is 0.315 e. The molecule has 20 heavy (non-hydrogen) atoms. The zero-order valence-electron chi connectivity index (χ0n) is 11.8. The summed E-state index contributed by atoms with van der Waals surface area (Å²) in [5, 5.41) is 14.6. The third-order valence-electron chi connectivity index (χ3n) is 3.94. The molecule has 0 aliphatic heterocycles. The van der Waals surface area contributed by atoms with Gasteiger partial charge >= 0.3 is 12.0 Å². The van der Waals surface area contributed by atoms with E-state index in [1.54, 1.807) is 0 Å². The van der Waals surface area contributed by atoms with Crippen LogP contribution >= 0.6 is 0 Å². The van der Waals surface area contributed by atoms with Crippen LogP contribution in [-0.2, 0) is 9.53 Å². The van der Waals surface area contributed by atoms with Crippen LogP contribution in [0.25, 0.3) is 0 Å². The van der Waals surface area contributed by atoms with Crippen LogP contribution in [0.2, 0.25) is 0 Å². The Morgan fingerprint density at radius 2 is 2.00 bits per heavy atom. The molecule has 2 unspecified atom stereocenters. The maximum atomic E-state index is 11.7. The van der Waals surface area contributed by atoms with Crippen molar-refractivity contribution >= 4 is 12.0 Å². The predicted molar refractivity (Wildman–Crippen MR) is 73.5 cm³/mol. The molecule has 0 aromatic heterocycles. The van der Waals surface area contributed by atoms with Crippen LogP contribution in [0.1, 0.15) is 38.5 Å². The molecule has 0 heterocycles. The van der Waals surface area contributed by atoms with Gasteiger partial charge in [-0.05, 0) is 38.0 Å². The van der Waals surface area contributed by atoms with Gasteiger partial charge in [0.25, 0.3) is 0 Å². The highest BCUT2D eigenvalue weighted by molar-refractivity contribution is 5.74. The first-order chi connectivity index (χ1) is 9.65. The number of hydrogen-bond donors (Lipinski definition) is 3. The third-order valence-corrected chi connectivity index (χ3v) is 3.94. The summed E-state index contributed by atoms with van der Waals surface area (Å²) in [6, 6.07) is -0.256. The number of carbonyl (C=O) groups excluding carboxylic acids is 1. The molecule has 0 aromatic rings. The van der Waals surface area contributed by atoms with Gasteiger partial charge in [-0.3, -0.25) is 4.79 Å². The number of aliphatic carboxylic acids is 1. The van der Waals surface area contributed by atoms with E-state index >= 15 is 0 Å². The van der Waals surface area contributed by atoms with E-state index in [-0.39, 0.29) is 18.0 Å². The average molecular weight is 284 g/mol. The van der Waals surface area contributed by atoms with E-state index in [1.165, 1.54) is 12.8 Å². The van der Waals surface area contributed by atoms with Crippen molar-refractivity contribution in [2.75, 3.05) is 19.8 Å². The number of nitrogens with one attached hydrogen (secondary N) is 2. The lowest BCUT2D eigenvalue weighted by Gasteiger charge is -2.27. The van der Waals surface area contributed by atoms with Gasteiger partial charge in [0.1, 0.15) is 0 Å². The van der Waals surface area contributed by atoms with Crippen molar-refractivity contribution in [2.24, 2.45) is 11.8 Å². The second-order valence-electron chi connectivity index (χ2n) is 5.82. The van der Waals surface area contributed by atoms with Crippen molar-refractivity contribution in [3.63, 3.8) is 0 Å². The Kier molecular flexibility index (Phi) is 5.64. The first-order valence-electron chi connectivity index (χ1n) is 7.50. The van der Waals surface area contributed by atoms with Gasteiger partial charge < -0.3 is 20.5 Å². The van der Waals surface area contributed by atoms with Crippen LogP contribution in [0.4, 0.5) is 4.79 Å². The summed E-state index contributed by atoms with van der Waals surface area (Å²) in [4.78, 5) is 22.6. The van der Waals surface area contributed by atoms with Crippen molar-refractivity contribution < 1.29 is 19.4 Å².